The summed E-state index contributed by atoms with van der Waals surface area (Å²) in [5.41, 5.74) is 4.11. The third-order valence-corrected chi connectivity index (χ3v) is 4.17. The van der Waals surface area contributed by atoms with Gasteiger partial charge in [0.15, 0.2) is 5.76 Å². The lowest BCUT2D eigenvalue weighted by Gasteiger charge is -2.29. The molecule has 134 valence electrons. The molecule has 1 aliphatic heterocycles. The van der Waals surface area contributed by atoms with E-state index >= 15 is 0 Å². The van der Waals surface area contributed by atoms with Crippen LogP contribution >= 0.6 is 0 Å². The van der Waals surface area contributed by atoms with Crippen molar-refractivity contribution >= 4 is 22.8 Å². The van der Waals surface area contributed by atoms with Crippen LogP contribution in [0.2, 0.25) is 0 Å². The molecular weight excluding hydrogens is 324 g/mol. The summed E-state index contributed by atoms with van der Waals surface area (Å²) in [5, 5.41) is 9.91. The number of carbonyl (C=O) groups is 1. The van der Waals surface area contributed by atoms with Crippen LogP contribution in [-0.4, -0.2) is 48.5 Å². The van der Waals surface area contributed by atoms with Crippen molar-refractivity contribution in [3.63, 3.8) is 0 Å². The number of furan rings is 1. The lowest BCUT2D eigenvalue weighted by Crippen LogP contribution is -2.40. The molecule has 1 aromatic heterocycles. The van der Waals surface area contributed by atoms with Crippen molar-refractivity contribution in [1.29, 1.82) is 0 Å². The number of hydroxylamine groups is 1. The number of nitrogens with zero attached hydrogens (tertiary/aromatic N) is 1. The molecule has 0 radical (unpaired) electrons. The highest BCUT2D eigenvalue weighted by atomic mass is 16.7. The number of piperidine rings is 1. The molecule has 7 heteroatoms. The molecule has 25 heavy (non-hydrogen) atoms. The molecule has 0 spiro atoms. The lowest BCUT2D eigenvalue weighted by atomic mass is 10.1. The summed E-state index contributed by atoms with van der Waals surface area (Å²) >= 11 is 0. The van der Waals surface area contributed by atoms with Gasteiger partial charge in [-0.1, -0.05) is 24.8 Å². The zero-order chi connectivity index (χ0) is 17.6. The fourth-order valence-corrected chi connectivity index (χ4v) is 2.79. The molecule has 0 unspecified atom stereocenters. The molecule has 0 atom stereocenters. The Balaban J connectivity index is 1.33. The molecule has 1 fully saturated rings. The van der Waals surface area contributed by atoms with Gasteiger partial charge in [0.05, 0.1) is 25.0 Å². The SMILES string of the molecule is C=C(NOCCOC1CCN(C(=O)O)CC1)c1cc2ccccc2o1. The van der Waals surface area contributed by atoms with Gasteiger partial charge >= 0.3 is 6.09 Å². The van der Waals surface area contributed by atoms with Crippen molar-refractivity contribution in [2.45, 2.75) is 18.9 Å². The van der Waals surface area contributed by atoms with E-state index in [-0.39, 0.29) is 6.10 Å². The molecule has 0 bridgehead atoms. The molecule has 2 aromatic rings. The van der Waals surface area contributed by atoms with Gasteiger partial charge < -0.3 is 19.2 Å². The van der Waals surface area contributed by atoms with Gasteiger partial charge in [-0.2, -0.15) is 0 Å². The summed E-state index contributed by atoms with van der Waals surface area (Å²) in [6, 6.07) is 9.64. The third-order valence-electron chi connectivity index (χ3n) is 4.17. The first kappa shape index (κ1) is 17.3. The van der Waals surface area contributed by atoms with Crippen LogP contribution in [0.5, 0.6) is 0 Å². The Morgan fingerprint density at radius 2 is 2.08 bits per heavy atom. The zero-order valence-electron chi connectivity index (χ0n) is 13.9. The number of carboxylic acid groups (broad SMARTS) is 1. The maximum absolute atomic E-state index is 10.8. The Kier molecular flexibility index (Phi) is 5.57. The van der Waals surface area contributed by atoms with E-state index in [0.29, 0.717) is 50.6 Å². The van der Waals surface area contributed by atoms with Gasteiger partial charge in [0.25, 0.3) is 0 Å². The van der Waals surface area contributed by atoms with Crippen molar-refractivity contribution in [3.05, 3.63) is 42.7 Å². The number of fused-ring (bicyclic) bond motifs is 1. The predicted octanol–water partition coefficient (Wildman–Crippen LogP) is 3.08. The normalized spacial score (nSPS) is 15.4. The van der Waals surface area contributed by atoms with Crippen LogP contribution in [0, 0.1) is 0 Å². The molecule has 2 heterocycles. The van der Waals surface area contributed by atoms with Crippen molar-refractivity contribution in [2.24, 2.45) is 0 Å². The van der Waals surface area contributed by atoms with E-state index in [0.717, 1.165) is 11.0 Å². The molecule has 3 rings (SSSR count). The van der Waals surface area contributed by atoms with Crippen molar-refractivity contribution in [2.75, 3.05) is 26.3 Å². The summed E-state index contributed by atoms with van der Waals surface area (Å²) < 4.78 is 11.4. The molecule has 0 aliphatic carbocycles. The first-order valence-corrected chi connectivity index (χ1v) is 8.28. The number of rotatable bonds is 7. The first-order chi connectivity index (χ1) is 12.1. The van der Waals surface area contributed by atoms with Crippen molar-refractivity contribution < 1.29 is 23.9 Å². The number of para-hydroxylation sites is 1. The predicted molar refractivity (Wildman–Crippen MR) is 92.9 cm³/mol. The standard InChI is InChI=1S/C18H22N2O5/c1-13(17-12-14-4-2-3-5-16(14)25-17)19-24-11-10-23-15-6-8-20(9-7-15)18(21)22/h2-5,12,15,19H,1,6-11H2,(H,21,22). The second-order valence-corrected chi connectivity index (χ2v) is 5.92. The third kappa shape index (κ3) is 4.52. The van der Waals surface area contributed by atoms with E-state index in [1.807, 2.05) is 30.3 Å². The average Bonchev–Trinajstić information content (AvgIpc) is 3.06. The van der Waals surface area contributed by atoms with Gasteiger partial charge in [0.2, 0.25) is 0 Å². The van der Waals surface area contributed by atoms with E-state index in [2.05, 4.69) is 12.1 Å². The summed E-state index contributed by atoms with van der Waals surface area (Å²) in [5.74, 6) is 0.628. The first-order valence-electron chi connectivity index (χ1n) is 8.28. The van der Waals surface area contributed by atoms with E-state index < -0.39 is 6.09 Å². The maximum atomic E-state index is 10.8. The molecule has 7 nitrogen and oxygen atoms in total. The number of hydrogen-bond acceptors (Lipinski definition) is 5. The van der Waals surface area contributed by atoms with Crippen molar-refractivity contribution in [1.82, 2.24) is 10.4 Å². The molecule has 1 saturated heterocycles. The van der Waals surface area contributed by atoms with Crippen LogP contribution < -0.4 is 5.48 Å². The summed E-state index contributed by atoms with van der Waals surface area (Å²) in [7, 11) is 0. The molecule has 1 aliphatic rings. The minimum atomic E-state index is -0.866. The van der Waals surface area contributed by atoms with E-state index in [9.17, 15) is 4.79 Å². The van der Waals surface area contributed by atoms with Crippen LogP contribution in [-0.2, 0) is 9.57 Å². The summed E-state index contributed by atoms with van der Waals surface area (Å²) in [6.07, 6.45) is 0.643. The van der Waals surface area contributed by atoms with Gasteiger partial charge in [-0.25, -0.2) is 4.79 Å². The number of benzene rings is 1. The topological polar surface area (TPSA) is 84.2 Å². The Morgan fingerprint density at radius 3 is 2.80 bits per heavy atom. The minimum absolute atomic E-state index is 0.0813. The maximum Gasteiger partial charge on any atom is 0.407 e. The Bertz CT molecular complexity index is 701. The zero-order valence-corrected chi connectivity index (χ0v) is 13.9. The van der Waals surface area contributed by atoms with Gasteiger partial charge in [0, 0.05) is 18.5 Å². The van der Waals surface area contributed by atoms with Gasteiger partial charge in [-0.3, -0.25) is 10.3 Å². The lowest BCUT2D eigenvalue weighted by molar-refractivity contribution is -0.0330. The largest absolute Gasteiger partial charge is 0.465 e. The van der Waals surface area contributed by atoms with E-state index in [1.165, 1.54) is 4.90 Å². The Morgan fingerprint density at radius 1 is 1.32 bits per heavy atom. The summed E-state index contributed by atoms with van der Waals surface area (Å²) in [6.45, 7) is 5.72. The van der Waals surface area contributed by atoms with E-state index in [4.69, 9.17) is 19.1 Å². The highest BCUT2D eigenvalue weighted by Crippen LogP contribution is 2.22. The molecule has 1 aromatic carbocycles. The van der Waals surface area contributed by atoms with Crippen LogP contribution in [0.4, 0.5) is 4.79 Å². The second kappa shape index (κ2) is 8.04. The van der Waals surface area contributed by atoms with Crippen LogP contribution in [0.3, 0.4) is 0 Å². The number of ether oxygens (including phenoxy) is 1. The Hall–Kier alpha value is -2.51. The second-order valence-electron chi connectivity index (χ2n) is 5.92. The fraction of sp³-hybridized carbons (Fsp3) is 0.389. The quantitative estimate of drug-likeness (QED) is 0.592. The van der Waals surface area contributed by atoms with Crippen LogP contribution in [0.25, 0.3) is 16.7 Å². The van der Waals surface area contributed by atoms with Crippen LogP contribution in [0.1, 0.15) is 18.6 Å². The smallest absolute Gasteiger partial charge is 0.407 e. The molecular formula is C18H22N2O5. The molecule has 2 N–H and O–H groups in total. The number of nitrogens with one attached hydrogen (secondary N) is 1. The highest BCUT2D eigenvalue weighted by molar-refractivity contribution is 5.81. The van der Waals surface area contributed by atoms with Gasteiger partial charge in [0.1, 0.15) is 5.58 Å². The van der Waals surface area contributed by atoms with E-state index in [1.54, 1.807) is 0 Å². The fourth-order valence-electron chi connectivity index (χ4n) is 2.79. The van der Waals surface area contributed by atoms with Gasteiger partial charge in [-0.05, 0) is 25.0 Å². The van der Waals surface area contributed by atoms with Crippen molar-refractivity contribution in [3.8, 4) is 0 Å². The van der Waals surface area contributed by atoms with Crippen LogP contribution in [0.15, 0.2) is 41.3 Å². The molecule has 0 saturated carbocycles. The van der Waals surface area contributed by atoms with Gasteiger partial charge in [-0.15, -0.1) is 0 Å². The monoisotopic (exact) mass is 346 g/mol. The number of likely N-dealkylation sites (tertiary alicyclic amines) is 1. The number of amides is 1. The average molecular weight is 346 g/mol. The minimum Gasteiger partial charge on any atom is -0.465 e. The molecule has 1 amide bonds. The number of hydrogen-bond donors (Lipinski definition) is 2. The highest BCUT2D eigenvalue weighted by Gasteiger charge is 2.22. The summed E-state index contributed by atoms with van der Waals surface area (Å²) in [4.78, 5) is 17.6. The Labute approximate surface area is 145 Å².